The summed E-state index contributed by atoms with van der Waals surface area (Å²) in [7, 11) is 2.13. The van der Waals surface area contributed by atoms with Crippen LogP contribution in [0.1, 0.15) is 23.2 Å². The van der Waals surface area contributed by atoms with E-state index in [1.165, 1.54) is 19.0 Å². The predicted molar refractivity (Wildman–Crippen MR) is 65.3 cm³/mol. The second kappa shape index (κ2) is 5.14. The van der Waals surface area contributed by atoms with Gasteiger partial charge in [-0.15, -0.1) is 0 Å². The topological polar surface area (TPSA) is 65.5 Å². The highest BCUT2D eigenvalue weighted by Gasteiger charge is 2.20. The van der Waals surface area contributed by atoms with Gasteiger partial charge in [-0.1, -0.05) is 0 Å². The lowest BCUT2D eigenvalue weighted by atomic mass is 10.2. The third-order valence-corrected chi connectivity index (χ3v) is 3.20. The first kappa shape index (κ1) is 11.9. The van der Waals surface area contributed by atoms with E-state index in [-0.39, 0.29) is 5.56 Å². The summed E-state index contributed by atoms with van der Waals surface area (Å²) < 4.78 is 0. The van der Waals surface area contributed by atoms with Gasteiger partial charge in [-0.2, -0.15) is 0 Å². The Morgan fingerprint density at radius 1 is 1.65 bits per heavy atom. The van der Waals surface area contributed by atoms with E-state index in [1.807, 2.05) is 0 Å². The van der Waals surface area contributed by atoms with Crippen molar-refractivity contribution in [1.29, 1.82) is 0 Å². The Balaban J connectivity index is 1.88. The van der Waals surface area contributed by atoms with Crippen LogP contribution in [-0.2, 0) is 0 Å². The Morgan fingerprint density at radius 2 is 2.47 bits per heavy atom. The smallest absolute Gasteiger partial charge is 0.337 e. The van der Waals surface area contributed by atoms with E-state index in [2.05, 4.69) is 22.2 Å². The monoisotopic (exact) mass is 235 g/mol. The summed E-state index contributed by atoms with van der Waals surface area (Å²) in [5.41, 5.74) is 0.216. The molecule has 1 aliphatic heterocycles. The molecule has 17 heavy (non-hydrogen) atoms. The van der Waals surface area contributed by atoms with Crippen molar-refractivity contribution < 1.29 is 9.90 Å². The first-order chi connectivity index (χ1) is 8.16. The number of hydrogen-bond donors (Lipinski definition) is 2. The van der Waals surface area contributed by atoms with Gasteiger partial charge < -0.3 is 15.3 Å². The van der Waals surface area contributed by atoms with Gasteiger partial charge in [0.2, 0.25) is 0 Å². The summed E-state index contributed by atoms with van der Waals surface area (Å²) in [6.45, 7) is 2.01. The molecule has 1 aromatic heterocycles. The van der Waals surface area contributed by atoms with Crippen LogP contribution in [0.5, 0.6) is 0 Å². The van der Waals surface area contributed by atoms with Gasteiger partial charge in [0.15, 0.2) is 0 Å². The Morgan fingerprint density at radius 3 is 3.00 bits per heavy atom. The third-order valence-electron chi connectivity index (χ3n) is 3.20. The minimum absolute atomic E-state index is 0.216. The first-order valence-corrected chi connectivity index (χ1v) is 5.80. The van der Waals surface area contributed by atoms with Gasteiger partial charge in [-0.3, -0.25) is 0 Å². The van der Waals surface area contributed by atoms with Gasteiger partial charge in [0.05, 0.1) is 5.56 Å². The molecule has 0 aliphatic carbocycles. The normalized spacial score (nSPS) is 20.4. The number of likely N-dealkylation sites (tertiary alicyclic amines) is 1. The summed E-state index contributed by atoms with van der Waals surface area (Å²) in [4.78, 5) is 17.1. The number of aromatic carboxylic acids is 1. The summed E-state index contributed by atoms with van der Waals surface area (Å²) in [5.74, 6) is -0.213. The van der Waals surface area contributed by atoms with Gasteiger partial charge in [0.25, 0.3) is 0 Å². The lowest BCUT2D eigenvalue weighted by molar-refractivity contribution is 0.0696. The molecule has 1 aliphatic rings. The van der Waals surface area contributed by atoms with Gasteiger partial charge in [0.1, 0.15) is 5.82 Å². The van der Waals surface area contributed by atoms with Gasteiger partial charge >= 0.3 is 5.97 Å². The molecule has 5 nitrogen and oxygen atoms in total. The number of nitrogens with one attached hydrogen (secondary N) is 1. The van der Waals surface area contributed by atoms with E-state index in [0.717, 1.165) is 18.9 Å². The molecule has 0 spiro atoms. The summed E-state index contributed by atoms with van der Waals surface area (Å²) in [5, 5.41) is 12.0. The van der Waals surface area contributed by atoms with Crippen LogP contribution >= 0.6 is 0 Å². The number of likely N-dealkylation sites (N-methyl/N-ethyl adjacent to an activating group) is 1. The average Bonchev–Trinajstić information content (AvgIpc) is 2.73. The van der Waals surface area contributed by atoms with Crippen molar-refractivity contribution in [1.82, 2.24) is 9.88 Å². The van der Waals surface area contributed by atoms with Crippen LogP contribution in [0.4, 0.5) is 5.82 Å². The summed E-state index contributed by atoms with van der Waals surface area (Å²) in [6, 6.07) is 3.82. The molecule has 1 fully saturated rings. The predicted octanol–water partition coefficient (Wildman–Crippen LogP) is 1.29. The van der Waals surface area contributed by atoms with E-state index in [9.17, 15) is 4.79 Å². The molecule has 1 aromatic rings. The number of anilines is 1. The van der Waals surface area contributed by atoms with Gasteiger partial charge in [-0.25, -0.2) is 9.78 Å². The fourth-order valence-corrected chi connectivity index (χ4v) is 2.08. The van der Waals surface area contributed by atoms with Crippen LogP contribution in [0, 0.1) is 0 Å². The highest BCUT2D eigenvalue weighted by atomic mass is 16.4. The number of carboxylic acids is 1. The number of aromatic nitrogens is 1. The SMILES string of the molecule is CN1CCCC1CNc1ccc(C(=O)O)cn1. The number of carboxylic acid groups (broad SMARTS) is 1. The van der Waals surface area contributed by atoms with E-state index in [0.29, 0.717) is 6.04 Å². The zero-order valence-corrected chi connectivity index (χ0v) is 9.89. The van der Waals surface area contributed by atoms with E-state index >= 15 is 0 Å². The lowest BCUT2D eigenvalue weighted by Crippen LogP contribution is -2.31. The van der Waals surface area contributed by atoms with Crippen molar-refractivity contribution in [2.45, 2.75) is 18.9 Å². The van der Waals surface area contributed by atoms with Crippen molar-refractivity contribution in [3.63, 3.8) is 0 Å². The van der Waals surface area contributed by atoms with Crippen molar-refractivity contribution in [2.24, 2.45) is 0 Å². The Hall–Kier alpha value is -1.62. The van der Waals surface area contributed by atoms with Crippen LogP contribution in [0.3, 0.4) is 0 Å². The van der Waals surface area contributed by atoms with Crippen LogP contribution in [0.25, 0.3) is 0 Å². The fraction of sp³-hybridized carbons (Fsp3) is 0.500. The number of nitrogens with zero attached hydrogens (tertiary/aromatic N) is 2. The van der Waals surface area contributed by atoms with Crippen molar-refractivity contribution >= 4 is 11.8 Å². The Bertz CT molecular complexity index is 391. The number of pyridine rings is 1. The molecule has 0 amide bonds. The molecule has 1 saturated heterocycles. The fourth-order valence-electron chi connectivity index (χ4n) is 2.08. The standard InChI is InChI=1S/C12H17N3O2/c1-15-6-2-3-10(15)8-14-11-5-4-9(7-13-11)12(16)17/h4-5,7,10H,2-3,6,8H2,1H3,(H,13,14)(H,16,17). The van der Waals surface area contributed by atoms with Gasteiger partial charge in [0, 0.05) is 18.8 Å². The number of hydrogen-bond acceptors (Lipinski definition) is 4. The molecule has 0 radical (unpaired) electrons. The first-order valence-electron chi connectivity index (χ1n) is 5.80. The molecule has 92 valence electrons. The highest BCUT2D eigenvalue weighted by Crippen LogP contribution is 2.15. The maximum absolute atomic E-state index is 10.7. The van der Waals surface area contributed by atoms with Crippen LogP contribution in [-0.4, -0.2) is 47.1 Å². The molecule has 5 heteroatoms. The number of rotatable bonds is 4. The molecular weight excluding hydrogens is 218 g/mol. The minimum Gasteiger partial charge on any atom is -0.478 e. The second-order valence-electron chi connectivity index (χ2n) is 4.39. The molecule has 1 unspecified atom stereocenters. The quantitative estimate of drug-likeness (QED) is 0.823. The minimum atomic E-state index is -0.945. The Kier molecular flexibility index (Phi) is 3.58. The molecule has 0 aromatic carbocycles. The molecule has 2 rings (SSSR count). The van der Waals surface area contributed by atoms with Crippen molar-refractivity contribution in [2.75, 3.05) is 25.5 Å². The zero-order chi connectivity index (χ0) is 12.3. The molecular formula is C12H17N3O2. The van der Waals surface area contributed by atoms with Crippen LogP contribution in [0.2, 0.25) is 0 Å². The maximum atomic E-state index is 10.7. The van der Waals surface area contributed by atoms with Crippen LogP contribution < -0.4 is 5.32 Å². The third kappa shape index (κ3) is 2.94. The molecule has 2 heterocycles. The van der Waals surface area contributed by atoms with E-state index in [1.54, 1.807) is 12.1 Å². The second-order valence-corrected chi connectivity index (χ2v) is 4.39. The van der Waals surface area contributed by atoms with E-state index in [4.69, 9.17) is 5.11 Å². The van der Waals surface area contributed by atoms with Crippen molar-refractivity contribution in [3.05, 3.63) is 23.9 Å². The Labute approximate surface area is 100 Å². The largest absolute Gasteiger partial charge is 0.478 e. The van der Waals surface area contributed by atoms with Crippen molar-refractivity contribution in [3.8, 4) is 0 Å². The summed E-state index contributed by atoms with van der Waals surface area (Å²) in [6.07, 6.45) is 3.83. The van der Waals surface area contributed by atoms with E-state index < -0.39 is 5.97 Å². The van der Waals surface area contributed by atoms with Gasteiger partial charge in [-0.05, 0) is 38.6 Å². The lowest BCUT2D eigenvalue weighted by Gasteiger charge is -2.19. The molecule has 0 saturated carbocycles. The maximum Gasteiger partial charge on any atom is 0.337 e. The number of carbonyl (C=O) groups is 1. The van der Waals surface area contributed by atoms with Crippen LogP contribution in [0.15, 0.2) is 18.3 Å². The molecule has 0 bridgehead atoms. The molecule has 2 N–H and O–H groups in total. The molecule has 1 atom stereocenters. The average molecular weight is 235 g/mol. The highest BCUT2D eigenvalue weighted by molar-refractivity contribution is 5.87. The zero-order valence-electron chi connectivity index (χ0n) is 9.89. The summed E-state index contributed by atoms with van der Waals surface area (Å²) >= 11 is 0.